The Morgan fingerprint density at radius 3 is 2.67 bits per heavy atom. The maximum atomic E-state index is 4.52. The van der Waals surface area contributed by atoms with Gasteiger partial charge in [-0.15, -0.1) is 0 Å². The van der Waals surface area contributed by atoms with Crippen molar-refractivity contribution in [2.75, 3.05) is 17.2 Å². The minimum Gasteiger partial charge on any atom is -0.370 e. The molecule has 0 saturated carbocycles. The van der Waals surface area contributed by atoms with E-state index in [0.29, 0.717) is 5.95 Å². The van der Waals surface area contributed by atoms with E-state index in [1.807, 2.05) is 25.1 Å². The van der Waals surface area contributed by atoms with Crippen molar-refractivity contribution in [3.63, 3.8) is 0 Å². The summed E-state index contributed by atoms with van der Waals surface area (Å²) in [6.45, 7) is 7.15. The summed E-state index contributed by atoms with van der Waals surface area (Å²) in [5.74, 6) is 1.49. The van der Waals surface area contributed by atoms with E-state index < -0.39 is 0 Å². The maximum absolute atomic E-state index is 4.52. The van der Waals surface area contributed by atoms with Crippen LogP contribution in [0.1, 0.15) is 31.0 Å². The molecule has 0 unspecified atom stereocenters. The van der Waals surface area contributed by atoms with Crippen LogP contribution in [0.15, 0.2) is 28.7 Å². The Morgan fingerprint density at radius 1 is 1.14 bits per heavy atom. The average Bonchev–Trinajstić information content (AvgIpc) is 2.42. The van der Waals surface area contributed by atoms with Crippen LogP contribution < -0.4 is 10.6 Å². The van der Waals surface area contributed by atoms with Crippen LogP contribution >= 0.6 is 15.9 Å². The monoisotopic (exact) mass is 348 g/mol. The standard InChI is InChI=1S/C16H21BrN4/c1-4-5-8-18-15-10-12(3)19-16(21-15)20-14-7-6-13(17)9-11(14)2/h6-7,9-10H,4-5,8H2,1-3H3,(H2,18,19,20,21). The van der Waals surface area contributed by atoms with Crippen LogP contribution in [-0.2, 0) is 0 Å². The second kappa shape index (κ2) is 7.41. The zero-order chi connectivity index (χ0) is 15.2. The lowest BCUT2D eigenvalue weighted by Gasteiger charge is -2.11. The van der Waals surface area contributed by atoms with Crippen molar-refractivity contribution >= 4 is 33.4 Å². The number of aromatic nitrogens is 2. The van der Waals surface area contributed by atoms with Gasteiger partial charge in [0.1, 0.15) is 5.82 Å². The first-order valence-electron chi connectivity index (χ1n) is 7.21. The van der Waals surface area contributed by atoms with Gasteiger partial charge >= 0.3 is 0 Å². The van der Waals surface area contributed by atoms with E-state index in [4.69, 9.17) is 0 Å². The number of benzene rings is 1. The topological polar surface area (TPSA) is 49.8 Å². The van der Waals surface area contributed by atoms with E-state index in [2.05, 4.69) is 56.4 Å². The minimum absolute atomic E-state index is 0.624. The number of hydrogen-bond acceptors (Lipinski definition) is 4. The van der Waals surface area contributed by atoms with Crippen LogP contribution in [0, 0.1) is 13.8 Å². The molecule has 2 rings (SSSR count). The van der Waals surface area contributed by atoms with Gasteiger partial charge in [-0.25, -0.2) is 4.98 Å². The third kappa shape index (κ3) is 4.70. The van der Waals surface area contributed by atoms with Crippen LogP contribution in [0.2, 0.25) is 0 Å². The molecule has 5 heteroatoms. The van der Waals surface area contributed by atoms with Crippen LogP contribution in [-0.4, -0.2) is 16.5 Å². The second-order valence-electron chi connectivity index (χ2n) is 5.08. The Labute approximate surface area is 134 Å². The minimum atomic E-state index is 0.624. The largest absolute Gasteiger partial charge is 0.370 e. The number of rotatable bonds is 6. The molecule has 2 aromatic rings. The molecule has 0 fully saturated rings. The zero-order valence-electron chi connectivity index (χ0n) is 12.7. The highest BCUT2D eigenvalue weighted by Gasteiger charge is 2.05. The van der Waals surface area contributed by atoms with Crippen molar-refractivity contribution in [2.45, 2.75) is 33.6 Å². The molecular weight excluding hydrogens is 328 g/mol. The Balaban J connectivity index is 2.15. The SMILES string of the molecule is CCCCNc1cc(C)nc(Nc2ccc(Br)cc2C)n1. The molecule has 0 spiro atoms. The van der Waals surface area contributed by atoms with E-state index in [-0.39, 0.29) is 0 Å². The van der Waals surface area contributed by atoms with Crippen molar-refractivity contribution in [1.82, 2.24) is 9.97 Å². The fourth-order valence-corrected chi connectivity index (χ4v) is 2.47. The summed E-state index contributed by atoms with van der Waals surface area (Å²) in [6, 6.07) is 8.06. The first-order chi connectivity index (χ1) is 10.1. The lowest BCUT2D eigenvalue weighted by atomic mass is 10.2. The highest BCUT2D eigenvalue weighted by molar-refractivity contribution is 9.10. The number of unbranched alkanes of at least 4 members (excludes halogenated alkanes) is 1. The van der Waals surface area contributed by atoms with Crippen molar-refractivity contribution in [2.24, 2.45) is 0 Å². The lowest BCUT2D eigenvalue weighted by Crippen LogP contribution is -2.07. The van der Waals surface area contributed by atoms with Gasteiger partial charge in [0.25, 0.3) is 0 Å². The van der Waals surface area contributed by atoms with Crippen molar-refractivity contribution < 1.29 is 0 Å². The second-order valence-corrected chi connectivity index (χ2v) is 6.00. The Bertz CT molecular complexity index is 613. The first kappa shape index (κ1) is 15.8. The molecule has 4 nitrogen and oxygen atoms in total. The van der Waals surface area contributed by atoms with Crippen LogP contribution in [0.25, 0.3) is 0 Å². The molecule has 0 bridgehead atoms. The molecule has 0 aliphatic rings. The molecule has 0 saturated heterocycles. The smallest absolute Gasteiger partial charge is 0.229 e. The van der Waals surface area contributed by atoms with E-state index in [9.17, 15) is 0 Å². The normalized spacial score (nSPS) is 10.5. The van der Waals surface area contributed by atoms with Gasteiger partial charge in [0.15, 0.2) is 0 Å². The van der Waals surface area contributed by atoms with Crippen molar-refractivity contribution in [1.29, 1.82) is 0 Å². The third-order valence-corrected chi connectivity index (χ3v) is 3.62. The van der Waals surface area contributed by atoms with E-state index in [0.717, 1.165) is 40.2 Å². The first-order valence-corrected chi connectivity index (χ1v) is 8.00. The summed E-state index contributed by atoms with van der Waals surface area (Å²) >= 11 is 3.47. The highest BCUT2D eigenvalue weighted by atomic mass is 79.9. The number of nitrogens with zero attached hydrogens (tertiary/aromatic N) is 2. The Kier molecular flexibility index (Phi) is 5.56. The molecule has 1 heterocycles. The summed E-state index contributed by atoms with van der Waals surface area (Å²) in [5.41, 5.74) is 3.11. The molecule has 1 aromatic heterocycles. The molecule has 0 atom stereocenters. The molecule has 2 N–H and O–H groups in total. The number of hydrogen-bond donors (Lipinski definition) is 2. The molecule has 0 aliphatic carbocycles. The van der Waals surface area contributed by atoms with E-state index in [1.54, 1.807) is 0 Å². The van der Waals surface area contributed by atoms with Crippen molar-refractivity contribution in [3.8, 4) is 0 Å². The van der Waals surface area contributed by atoms with Gasteiger partial charge < -0.3 is 10.6 Å². The Hall–Kier alpha value is -1.62. The number of anilines is 3. The van der Waals surface area contributed by atoms with Crippen molar-refractivity contribution in [3.05, 3.63) is 40.0 Å². The fourth-order valence-electron chi connectivity index (χ4n) is 2.00. The van der Waals surface area contributed by atoms with Gasteiger partial charge in [-0.3, -0.25) is 0 Å². The van der Waals surface area contributed by atoms with Crippen LogP contribution in [0.3, 0.4) is 0 Å². The number of halogens is 1. The van der Waals surface area contributed by atoms with Gasteiger partial charge in [0.05, 0.1) is 0 Å². The quantitative estimate of drug-likeness (QED) is 0.735. The number of aryl methyl sites for hydroxylation is 2. The zero-order valence-corrected chi connectivity index (χ0v) is 14.3. The number of nitrogens with one attached hydrogen (secondary N) is 2. The van der Waals surface area contributed by atoms with Gasteiger partial charge in [-0.2, -0.15) is 4.98 Å². The molecule has 21 heavy (non-hydrogen) atoms. The summed E-state index contributed by atoms with van der Waals surface area (Å²) in [7, 11) is 0. The molecule has 0 amide bonds. The summed E-state index contributed by atoms with van der Waals surface area (Å²) in [5, 5.41) is 6.63. The van der Waals surface area contributed by atoms with E-state index in [1.165, 1.54) is 6.42 Å². The maximum Gasteiger partial charge on any atom is 0.229 e. The lowest BCUT2D eigenvalue weighted by molar-refractivity contribution is 0.830. The third-order valence-electron chi connectivity index (χ3n) is 3.13. The predicted molar refractivity (Wildman–Crippen MR) is 92.3 cm³/mol. The molecular formula is C16H21BrN4. The highest BCUT2D eigenvalue weighted by Crippen LogP contribution is 2.23. The molecule has 0 radical (unpaired) electrons. The Morgan fingerprint density at radius 2 is 1.95 bits per heavy atom. The molecule has 112 valence electrons. The fraction of sp³-hybridized carbons (Fsp3) is 0.375. The van der Waals surface area contributed by atoms with Gasteiger partial charge in [0.2, 0.25) is 5.95 Å². The predicted octanol–water partition coefficient (Wildman–Crippen LogP) is 4.81. The van der Waals surface area contributed by atoms with E-state index >= 15 is 0 Å². The molecule has 0 aliphatic heterocycles. The average molecular weight is 349 g/mol. The van der Waals surface area contributed by atoms with Crippen LogP contribution in [0.5, 0.6) is 0 Å². The summed E-state index contributed by atoms with van der Waals surface area (Å²) < 4.78 is 1.07. The van der Waals surface area contributed by atoms with Crippen LogP contribution in [0.4, 0.5) is 17.5 Å². The summed E-state index contributed by atoms with van der Waals surface area (Å²) in [4.78, 5) is 8.97. The van der Waals surface area contributed by atoms with Gasteiger partial charge in [-0.05, 0) is 44.0 Å². The molecule has 1 aromatic carbocycles. The summed E-state index contributed by atoms with van der Waals surface area (Å²) in [6.07, 6.45) is 2.30. The van der Waals surface area contributed by atoms with Gasteiger partial charge in [0, 0.05) is 28.5 Å². The van der Waals surface area contributed by atoms with Gasteiger partial charge in [-0.1, -0.05) is 29.3 Å².